The molecule has 0 spiro atoms. The Balaban J connectivity index is 0.00000243. The highest BCUT2D eigenvalue weighted by atomic mass is 127. The van der Waals surface area contributed by atoms with Crippen molar-refractivity contribution in [2.75, 3.05) is 59.3 Å². The number of morpholine rings is 1. The summed E-state index contributed by atoms with van der Waals surface area (Å²) in [7, 11) is 0. The van der Waals surface area contributed by atoms with Crippen LogP contribution in [-0.4, -0.2) is 70.1 Å². The van der Waals surface area contributed by atoms with E-state index in [1.165, 1.54) is 5.56 Å². The Kier molecular flexibility index (Phi) is 9.27. The summed E-state index contributed by atoms with van der Waals surface area (Å²) >= 11 is 0. The van der Waals surface area contributed by atoms with Crippen LogP contribution in [0.3, 0.4) is 0 Å². The first-order chi connectivity index (χ1) is 12.3. The maximum absolute atomic E-state index is 5.42. The molecule has 8 heteroatoms. The van der Waals surface area contributed by atoms with Gasteiger partial charge in [-0.1, -0.05) is 6.07 Å². The number of fused-ring (bicyclic) bond motifs is 1. The lowest BCUT2D eigenvalue weighted by atomic mass is 10.1. The van der Waals surface area contributed by atoms with Gasteiger partial charge in [0.15, 0.2) is 17.5 Å². The first kappa shape index (κ1) is 21.0. The summed E-state index contributed by atoms with van der Waals surface area (Å²) in [6, 6.07) is 6.10. The summed E-state index contributed by atoms with van der Waals surface area (Å²) in [5, 5.41) is 6.70. The third-order valence-corrected chi connectivity index (χ3v) is 4.28. The second-order valence-corrected chi connectivity index (χ2v) is 6.08. The lowest BCUT2D eigenvalue weighted by molar-refractivity contribution is 0.0394. The molecule has 7 nitrogen and oxygen atoms in total. The topological polar surface area (TPSA) is 67.4 Å². The molecule has 0 radical (unpaired) electrons. The van der Waals surface area contributed by atoms with E-state index in [4.69, 9.17) is 14.2 Å². The van der Waals surface area contributed by atoms with Gasteiger partial charge < -0.3 is 24.8 Å². The van der Waals surface area contributed by atoms with Crippen molar-refractivity contribution < 1.29 is 14.2 Å². The van der Waals surface area contributed by atoms with Gasteiger partial charge >= 0.3 is 0 Å². The molecule has 1 fully saturated rings. The van der Waals surface area contributed by atoms with Crippen molar-refractivity contribution in [3.8, 4) is 11.5 Å². The van der Waals surface area contributed by atoms with Crippen LogP contribution in [0.2, 0.25) is 0 Å². The number of nitrogens with zero attached hydrogens (tertiary/aromatic N) is 2. The highest BCUT2D eigenvalue weighted by Gasteiger charge is 2.13. The normalized spacial score (nSPS) is 16.9. The number of hydrogen-bond donors (Lipinski definition) is 2. The molecule has 0 aromatic heterocycles. The third-order valence-electron chi connectivity index (χ3n) is 4.28. The van der Waals surface area contributed by atoms with Gasteiger partial charge in [0.2, 0.25) is 6.79 Å². The molecule has 26 heavy (non-hydrogen) atoms. The van der Waals surface area contributed by atoms with Crippen molar-refractivity contribution >= 4 is 29.9 Å². The van der Waals surface area contributed by atoms with Gasteiger partial charge in [0.25, 0.3) is 0 Å². The van der Waals surface area contributed by atoms with E-state index >= 15 is 0 Å². The van der Waals surface area contributed by atoms with Gasteiger partial charge in [0.05, 0.1) is 19.8 Å². The Morgan fingerprint density at radius 2 is 1.96 bits per heavy atom. The molecule has 3 rings (SSSR count). The van der Waals surface area contributed by atoms with Crippen LogP contribution < -0.4 is 20.1 Å². The number of halogens is 1. The van der Waals surface area contributed by atoms with Crippen LogP contribution in [0.4, 0.5) is 0 Å². The second-order valence-electron chi connectivity index (χ2n) is 6.08. The van der Waals surface area contributed by atoms with E-state index in [9.17, 15) is 0 Å². The highest BCUT2D eigenvalue weighted by Crippen LogP contribution is 2.32. The van der Waals surface area contributed by atoms with Crippen LogP contribution in [0.5, 0.6) is 11.5 Å². The lowest BCUT2D eigenvalue weighted by Gasteiger charge is -2.25. The molecule has 0 bridgehead atoms. The van der Waals surface area contributed by atoms with E-state index in [2.05, 4.69) is 33.5 Å². The molecule has 2 aliphatic rings. The fourth-order valence-electron chi connectivity index (χ4n) is 2.89. The maximum Gasteiger partial charge on any atom is 0.231 e. The Hall–Kier alpha value is -1.26. The van der Waals surface area contributed by atoms with E-state index in [1.54, 1.807) is 0 Å². The van der Waals surface area contributed by atoms with Crippen molar-refractivity contribution in [3.05, 3.63) is 23.8 Å². The molecule has 0 aliphatic carbocycles. The van der Waals surface area contributed by atoms with Gasteiger partial charge in [-0.3, -0.25) is 9.89 Å². The average molecular weight is 476 g/mol. The largest absolute Gasteiger partial charge is 0.454 e. The minimum Gasteiger partial charge on any atom is -0.454 e. The smallest absolute Gasteiger partial charge is 0.231 e. The third kappa shape index (κ3) is 6.48. The molecule has 0 saturated carbocycles. The van der Waals surface area contributed by atoms with Crippen molar-refractivity contribution in [1.82, 2.24) is 15.5 Å². The monoisotopic (exact) mass is 476 g/mol. The predicted molar refractivity (Wildman–Crippen MR) is 113 cm³/mol. The van der Waals surface area contributed by atoms with E-state index < -0.39 is 0 Å². The van der Waals surface area contributed by atoms with Crippen molar-refractivity contribution in [1.29, 1.82) is 0 Å². The minimum atomic E-state index is 0. The zero-order valence-electron chi connectivity index (χ0n) is 15.3. The van der Waals surface area contributed by atoms with Gasteiger partial charge in [-0.25, -0.2) is 0 Å². The Morgan fingerprint density at radius 1 is 1.15 bits per heavy atom. The maximum atomic E-state index is 5.42. The quantitative estimate of drug-likeness (QED) is 0.353. The Bertz CT molecular complexity index is 580. The molecular weight excluding hydrogens is 447 g/mol. The van der Waals surface area contributed by atoms with E-state index in [0.717, 1.165) is 76.4 Å². The molecule has 0 amide bonds. The minimum absolute atomic E-state index is 0. The fourth-order valence-corrected chi connectivity index (χ4v) is 2.89. The van der Waals surface area contributed by atoms with Crippen molar-refractivity contribution in [3.63, 3.8) is 0 Å². The fraction of sp³-hybridized carbons (Fsp3) is 0.611. The first-order valence-electron chi connectivity index (χ1n) is 9.06. The standard InChI is InChI=1S/C18H28N4O3.HI/c1-2-19-18(21-7-8-22-9-11-23-12-10-22)20-6-5-15-3-4-16-17(13-15)25-14-24-16;/h3-4,13H,2,5-12,14H2,1H3,(H2,19,20,21);1H. The highest BCUT2D eigenvalue weighted by molar-refractivity contribution is 14.0. The SMILES string of the molecule is CCNC(=NCCN1CCOCC1)NCCc1ccc2c(c1)OCO2.I. The van der Waals surface area contributed by atoms with Gasteiger partial charge in [-0.15, -0.1) is 24.0 Å². The molecule has 146 valence electrons. The van der Waals surface area contributed by atoms with Crippen molar-refractivity contribution in [2.45, 2.75) is 13.3 Å². The molecule has 0 atom stereocenters. The number of ether oxygens (including phenoxy) is 3. The van der Waals surface area contributed by atoms with Crippen LogP contribution in [0.25, 0.3) is 0 Å². The van der Waals surface area contributed by atoms with E-state index in [0.29, 0.717) is 6.79 Å². The molecule has 1 aromatic carbocycles. The Labute approximate surface area is 172 Å². The summed E-state index contributed by atoms with van der Waals surface area (Å²) in [6.45, 7) is 9.51. The summed E-state index contributed by atoms with van der Waals surface area (Å²) in [4.78, 5) is 7.06. The molecular formula is C18H29IN4O3. The molecule has 1 saturated heterocycles. The molecule has 2 aliphatic heterocycles. The Morgan fingerprint density at radius 3 is 2.77 bits per heavy atom. The number of benzene rings is 1. The molecule has 1 aromatic rings. The number of rotatable bonds is 7. The van der Waals surface area contributed by atoms with Gasteiger partial charge in [0.1, 0.15) is 0 Å². The van der Waals surface area contributed by atoms with Gasteiger partial charge in [0, 0.05) is 32.7 Å². The average Bonchev–Trinajstić information content (AvgIpc) is 3.10. The molecule has 2 heterocycles. The summed E-state index contributed by atoms with van der Waals surface area (Å²) in [6.07, 6.45) is 0.907. The van der Waals surface area contributed by atoms with E-state index in [-0.39, 0.29) is 24.0 Å². The zero-order valence-corrected chi connectivity index (χ0v) is 17.7. The summed E-state index contributed by atoms with van der Waals surface area (Å²) < 4.78 is 16.1. The number of guanidine groups is 1. The predicted octanol–water partition coefficient (Wildman–Crippen LogP) is 1.46. The summed E-state index contributed by atoms with van der Waals surface area (Å²) in [5.74, 6) is 2.54. The van der Waals surface area contributed by atoms with Gasteiger partial charge in [-0.05, 0) is 31.0 Å². The van der Waals surface area contributed by atoms with Crippen molar-refractivity contribution in [2.24, 2.45) is 4.99 Å². The van der Waals surface area contributed by atoms with Crippen LogP contribution in [0.1, 0.15) is 12.5 Å². The van der Waals surface area contributed by atoms with Gasteiger partial charge in [-0.2, -0.15) is 0 Å². The summed E-state index contributed by atoms with van der Waals surface area (Å²) in [5.41, 5.74) is 1.22. The lowest BCUT2D eigenvalue weighted by Crippen LogP contribution is -2.40. The van der Waals surface area contributed by atoms with E-state index in [1.807, 2.05) is 12.1 Å². The first-order valence-corrected chi connectivity index (χ1v) is 9.06. The number of nitrogens with one attached hydrogen (secondary N) is 2. The molecule has 2 N–H and O–H groups in total. The van der Waals surface area contributed by atoms with Crippen LogP contribution in [0.15, 0.2) is 23.2 Å². The molecule has 0 unspecified atom stereocenters. The zero-order chi connectivity index (χ0) is 17.3. The van der Waals surface area contributed by atoms with Crippen LogP contribution >= 0.6 is 24.0 Å². The number of aliphatic imine (C=N–C) groups is 1. The number of hydrogen-bond acceptors (Lipinski definition) is 5. The second kappa shape index (κ2) is 11.5. The van der Waals surface area contributed by atoms with Crippen LogP contribution in [0, 0.1) is 0 Å². The van der Waals surface area contributed by atoms with Crippen LogP contribution in [-0.2, 0) is 11.2 Å².